The molecule has 0 N–H and O–H groups in total. The van der Waals surface area contributed by atoms with Gasteiger partial charge in [0.15, 0.2) is 0 Å². The highest BCUT2D eigenvalue weighted by molar-refractivity contribution is 5.02. The van der Waals surface area contributed by atoms with E-state index in [2.05, 4.69) is 44.9 Å². The summed E-state index contributed by atoms with van der Waals surface area (Å²) in [5.74, 6) is 2.72. The minimum Gasteiger partial charge on any atom is -0.103 e. The molecule has 1 aliphatic rings. The van der Waals surface area contributed by atoms with Crippen LogP contribution in [-0.2, 0) is 0 Å². The summed E-state index contributed by atoms with van der Waals surface area (Å²) in [4.78, 5) is 0. The molecule has 0 heterocycles. The van der Waals surface area contributed by atoms with Crippen LogP contribution in [-0.4, -0.2) is 0 Å². The van der Waals surface area contributed by atoms with Crippen LogP contribution >= 0.6 is 0 Å². The molecule has 0 aromatic rings. The molecule has 4 unspecified atom stereocenters. The van der Waals surface area contributed by atoms with Crippen LogP contribution in [0.1, 0.15) is 26.2 Å². The van der Waals surface area contributed by atoms with E-state index in [1.165, 1.54) is 19.3 Å². The van der Waals surface area contributed by atoms with Crippen molar-refractivity contribution >= 4 is 0 Å². The number of hydrogen-bond donors (Lipinski definition) is 0. The van der Waals surface area contributed by atoms with Gasteiger partial charge in [0.1, 0.15) is 0 Å². The zero-order valence-electron chi connectivity index (χ0n) is 9.28. The first kappa shape index (κ1) is 11.3. The Hall–Kier alpha value is -0.780. The van der Waals surface area contributed by atoms with E-state index in [9.17, 15) is 0 Å². The summed E-state index contributed by atoms with van der Waals surface area (Å²) in [5, 5.41) is 0. The average molecular weight is 190 g/mol. The Kier molecular flexibility index (Phi) is 4.19. The maximum atomic E-state index is 3.94. The third-order valence-corrected chi connectivity index (χ3v) is 3.71. The first-order valence-corrected chi connectivity index (χ1v) is 5.64. The van der Waals surface area contributed by atoms with E-state index in [1.807, 2.05) is 0 Å². The predicted molar refractivity (Wildman–Crippen MR) is 64.1 cm³/mol. The van der Waals surface area contributed by atoms with Crippen molar-refractivity contribution in [1.29, 1.82) is 0 Å². The maximum Gasteiger partial charge on any atom is -0.0167 e. The third-order valence-electron chi connectivity index (χ3n) is 3.71. The van der Waals surface area contributed by atoms with Gasteiger partial charge in [0.25, 0.3) is 0 Å². The van der Waals surface area contributed by atoms with Crippen molar-refractivity contribution in [2.75, 3.05) is 0 Å². The van der Waals surface area contributed by atoms with Crippen molar-refractivity contribution < 1.29 is 0 Å². The molecule has 1 saturated carbocycles. The number of allylic oxidation sites excluding steroid dienone is 3. The summed E-state index contributed by atoms with van der Waals surface area (Å²) < 4.78 is 0. The molecule has 0 aliphatic heterocycles. The summed E-state index contributed by atoms with van der Waals surface area (Å²) >= 11 is 0. The van der Waals surface area contributed by atoms with Gasteiger partial charge in [-0.2, -0.15) is 0 Å². The highest BCUT2D eigenvalue weighted by atomic mass is 14.4. The monoisotopic (exact) mass is 190 g/mol. The number of rotatable bonds is 4. The van der Waals surface area contributed by atoms with Crippen molar-refractivity contribution in [3.05, 3.63) is 38.0 Å². The van der Waals surface area contributed by atoms with E-state index in [0.29, 0.717) is 17.8 Å². The highest BCUT2D eigenvalue weighted by Crippen LogP contribution is 2.40. The molecule has 0 radical (unpaired) electrons. The van der Waals surface area contributed by atoms with E-state index in [4.69, 9.17) is 0 Å². The maximum absolute atomic E-state index is 3.94. The van der Waals surface area contributed by atoms with Gasteiger partial charge < -0.3 is 0 Å². The molecule has 0 aromatic heterocycles. The molecule has 1 rings (SSSR count). The molecule has 4 atom stereocenters. The molecule has 0 amide bonds. The minimum absolute atomic E-state index is 0.610. The van der Waals surface area contributed by atoms with Crippen molar-refractivity contribution in [2.24, 2.45) is 23.7 Å². The summed E-state index contributed by atoms with van der Waals surface area (Å²) in [7, 11) is 0. The predicted octanol–water partition coefficient (Wildman–Crippen LogP) is 4.21. The van der Waals surface area contributed by atoms with Crippen molar-refractivity contribution in [1.82, 2.24) is 0 Å². The smallest absolute Gasteiger partial charge is 0.0167 e. The molecule has 0 bridgehead atoms. The van der Waals surface area contributed by atoms with Crippen molar-refractivity contribution in [3.63, 3.8) is 0 Å². The number of hydrogen-bond acceptors (Lipinski definition) is 0. The Morgan fingerprint density at radius 2 is 1.43 bits per heavy atom. The first-order valence-electron chi connectivity index (χ1n) is 5.64. The summed E-state index contributed by atoms with van der Waals surface area (Å²) in [6.07, 6.45) is 10.0. The van der Waals surface area contributed by atoms with Crippen LogP contribution < -0.4 is 0 Å². The summed E-state index contributed by atoms with van der Waals surface area (Å²) in [5.41, 5.74) is 0. The van der Waals surface area contributed by atoms with Gasteiger partial charge in [0, 0.05) is 0 Å². The first-order chi connectivity index (χ1) is 6.76. The Morgan fingerprint density at radius 3 is 1.86 bits per heavy atom. The lowest BCUT2D eigenvalue weighted by atomic mass is 9.67. The van der Waals surface area contributed by atoms with Gasteiger partial charge >= 0.3 is 0 Å². The molecular formula is C14H22. The van der Waals surface area contributed by atoms with Gasteiger partial charge in [-0.1, -0.05) is 31.6 Å². The summed E-state index contributed by atoms with van der Waals surface area (Å²) in [6, 6.07) is 0. The second-order valence-corrected chi connectivity index (χ2v) is 4.34. The van der Waals surface area contributed by atoms with E-state index in [1.54, 1.807) is 0 Å². The van der Waals surface area contributed by atoms with Gasteiger partial charge in [-0.05, 0) is 36.5 Å². The van der Waals surface area contributed by atoms with E-state index < -0.39 is 0 Å². The molecule has 0 aromatic carbocycles. The van der Waals surface area contributed by atoms with Gasteiger partial charge in [-0.3, -0.25) is 0 Å². The van der Waals surface area contributed by atoms with Crippen LogP contribution in [0, 0.1) is 23.7 Å². The van der Waals surface area contributed by atoms with Gasteiger partial charge in [-0.25, -0.2) is 0 Å². The van der Waals surface area contributed by atoms with Gasteiger partial charge in [-0.15, -0.1) is 19.7 Å². The van der Waals surface area contributed by atoms with Crippen molar-refractivity contribution in [3.8, 4) is 0 Å². The minimum atomic E-state index is 0.610. The fourth-order valence-electron chi connectivity index (χ4n) is 2.68. The fraction of sp³-hybridized carbons (Fsp3) is 0.571. The molecule has 78 valence electrons. The van der Waals surface area contributed by atoms with Crippen LogP contribution in [0.15, 0.2) is 38.0 Å². The van der Waals surface area contributed by atoms with Crippen LogP contribution in [0.25, 0.3) is 0 Å². The molecule has 0 heteroatoms. The van der Waals surface area contributed by atoms with Crippen LogP contribution in [0.5, 0.6) is 0 Å². The molecular weight excluding hydrogens is 168 g/mol. The molecule has 1 fully saturated rings. The highest BCUT2D eigenvalue weighted by Gasteiger charge is 2.31. The van der Waals surface area contributed by atoms with Crippen LogP contribution in [0.3, 0.4) is 0 Å². The SMILES string of the molecule is C=CC1CC(C=C)C(CC)CC1C=C. The van der Waals surface area contributed by atoms with Crippen LogP contribution in [0.4, 0.5) is 0 Å². The standard InChI is InChI=1S/C14H22/c1-5-11-9-13(7-3)14(8-4)10-12(11)6-2/h5-7,11-14H,1-3,8-10H2,4H3. The van der Waals surface area contributed by atoms with Gasteiger partial charge in [0.05, 0.1) is 0 Å². The molecule has 1 aliphatic carbocycles. The lowest BCUT2D eigenvalue weighted by Gasteiger charge is -2.37. The second kappa shape index (κ2) is 5.19. The Balaban J connectivity index is 2.73. The zero-order valence-corrected chi connectivity index (χ0v) is 9.28. The summed E-state index contributed by atoms with van der Waals surface area (Å²) in [6.45, 7) is 14.1. The lowest BCUT2D eigenvalue weighted by Crippen LogP contribution is -2.28. The van der Waals surface area contributed by atoms with E-state index in [-0.39, 0.29) is 0 Å². The lowest BCUT2D eigenvalue weighted by molar-refractivity contribution is 0.193. The zero-order chi connectivity index (χ0) is 10.6. The van der Waals surface area contributed by atoms with E-state index in [0.717, 1.165) is 5.92 Å². The average Bonchev–Trinajstić information content (AvgIpc) is 2.26. The molecule has 0 nitrogen and oxygen atoms in total. The Bertz CT molecular complexity index is 214. The molecule has 0 spiro atoms. The van der Waals surface area contributed by atoms with Gasteiger partial charge in [0.2, 0.25) is 0 Å². The van der Waals surface area contributed by atoms with Crippen molar-refractivity contribution in [2.45, 2.75) is 26.2 Å². The Morgan fingerprint density at radius 1 is 0.929 bits per heavy atom. The third kappa shape index (κ3) is 2.17. The second-order valence-electron chi connectivity index (χ2n) is 4.34. The molecule has 0 saturated heterocycles. The fourth-order valence-corrected chi connectivity index (χ4v) is 2.68. The normalized spacial score (nSPS) is 37.5. The largest absolute Gasteiger partial charge is 0.103 e. The van der Waals surface area contributed by atoms with Crippen LogP contribution in [0.2, 0.25) is 0 Å². The Labute approximate surface area is 88.4 Å². The quantitative estimate of drug-likeness (QED) is 0.582. The molecule has 14 heavy (non-hydrogen) atoms. The van der Waals surface area contributed by atoms with E-state index >= 15 is 0 Å². The topological polar surface area (TPSA) is 0 Å².